The number of rotatable bonds is 7. The molecule has 1 fully saturated rings. The number of sulfonamides is 1. The van der Waals surface area contributed by atoms with Crippen molar-refractivity contribution in [3.8, 4) is 0 Å². The Morgan fingerprint density at radius 1 is 1.50 bits per heavy atom. The molecule has 0 aromatic heterocycles. The van der Waals surface area contributed by atoms with Gasteiger partial charge in [-0.1, -0.05) is 13.3 Å². The molecule has 2 atom stereocenters. The van der Waals surface area contributed by atoms with Gasteiger partial charge in [0.05, 0.1) is 5.75 Å². The van der Waals surface area contributed by atoms with Crippen LogP contribution in [0.4, 0.5) is 0 Å². The summed E-state index contributed by atoms with van der Waals surface area (Å²) in [6, 6.07) is -0.691. The SMILES string of the molecule is CCCCS(=O)(=O)N1CCCC1C(=O)N[C@@H](C)CN.Cl. The molecular formula is C12H26ClN3O3S. The van der Waals surface area contributed by atoms with Crippen molar-refractivity contribution in [1.29, 1.82) is 0 Å². The summed E-state index contributed by atoms with van der Waals surface area (Å²) < 4.78 is 25.7. The second-order valence-electron chi connectivity index (χ2n) is 5.08. The Bertz CT molecular complexity index is 403. The average Bonchev–Trinajstić information content (AvgIpc) is 2.86. The first-order valence-corrected chi connectivity index (χ1v) is 8.53. The summed E-state index contributed by atoms with van der Waals surface area (Å²) in [5.41, 5.74) is 5.46. The van der Waals surface area contributed by atoms with Gasteiger partial charge in [0.15, 0.2) is 0 Å². The second-order valence-corrected chi connectivity index (χ2v) is 7.12. The van der Waals surface area contributed by atoms with Gasteiger partial charge in [0.1, 0.15) is 6.04 Å². The Morgan fingerprint density at radius 2 is 2.15 bits per heavy atom. The van der Waals surface area contributed by atoms with Crippen LogP contribution in [0.3, 0.4) is 0 Å². The van der Waals surface area contributed by atoms with E-state index in [1.54, 1.807) is 0 Å². The highest BCUT2D eigenvalue weighted by molar-refractivity contribution is 7.89. The molecule has 8 heteroatoms. The van der Waals surface area contributed by atoms with Crippen molar-refractivity contribution in [2.24, 2.45) is 5.73 Å². The zero-order chi connectivity index (χ0) is 14.5. The van der Waals surface area contributed by atoms with E-state index in [2.05, 4.69) is 5.32 Å². The molecule has 1 aliphatic heterocycles. The number of hydrogen-bond acceptors (Lipinski definition) is 4. The average molecular weight is 328 g/mol. The Labute approximate surface area is 127 Å². The van der Waals surface area contributed by atoms with Gasteiger partial charge in [-0.25, -0.2) is 8.42 Å². The quantitative estimate of drug-likeness (QED) is 0.710. The summed E-state index contributed by atoms with van der Waals surface area (Å²) in [6.45, 7) is 4.55. The van der Waals surface area contributed by atoms with Crippen LogP contribution in [-0.2, 0) is 14.8 Å². The lowest BCUT2D eigenvalue weighted by Gasteiger charge is -2.24. The Morgan fingerprint density at radius 3 is 2.70 bits per heavy atom. The minimum atomic E-state index is -3.32. The molecule has 1 saturated heterocycles. The first kappa shape index (κ1) is 19.6. The van der Waals surface area contributed by atoms with Crippen LogP contribution in [0.1, 0.15) is 39.5 Å². The molecule has 6 nitrogen and oxygen atoms in total. The third-order valence-electron chi connectivity index (χ3n) is 3.36. The predicted octanol–water partition coefficient (Wildman–Crippen LogP) is 0.466. The van der Waals surface area contributed by atoms with Crippen molar-refractivity contribution in [3.05, 3.63) is 0 Å². The minimum Gasteiger partial charge on any atom is -0.351 e. The van der Waals surface area contributed by atoms with Gasteiger partial charge in [0.25, 0.3) is 0 Å². The van der Waals surface area contributed by atoms with E-state index in [-0.39, 0.29) is 30.1 Å². The number of nitrogens with zero attached hydrogens (tertiary/aromatic N) is 1. The highest BCUT2D eigenvalue weighted by atomic mass is 35.5. The Hall–Kier alpha value is -0.370. The van der Waals surface area contributed by atoms with E-state index >= 15 is 0 Å². The first-order valence-electron chi connectivity index (χ1n) is 6.92. The molecule has 0 radical (unpaired) electrons. The highest BCUT2D eigenvalue weighted by Gasteiger charge is 2.38. The van der Waals surface area contributed by atoms with Crippen molar-refractivity contribution < 1.29 is 13.2 Å². The van der Waals surface area contributed by atoms with Crippen LogP contribution in [0.5, 0.6) is 0 Å². The maximum absolute atomic E-state index is 12.2. The van der Waals surface area contributed by atoms with Crippen LogP contribution < -0.4 is 11.1 Å². The molecule has 3 N–H and O–H groups in total. The van der Waals surface area contributed by atoms with Crippen molar-refractivity contribution in [1.82, 2.24) is 9.62 Å². The second kappa shape index (κ2) is 8.81. The lowest BCUT2D eigenvalue weighted by molar-refractivity contribution is -0.124. The largest absolute Gasteiger partial charge is 0.351 e. The Balaban J connectivity index is 0.00000361. The molecule has 0 aromatic rings. The molecule has 1 amide bonds. The normalized spacial score (nSPS) is 21.2. The third-order valence-corrected chi connectivity index (χ3v) is 5.32. The monoisotopic (exact) mass is 327 g/mol. The summed E-state index contributed by atoms with van der Waals surface area (Å²) in [7, 11) is -3.32. The van der Waals surface area contributed by atoms with Crippen molar-refractivity contribution in [3.63, 3.8) is 0 Å². The molecule has 0 aliphatic carbocycles. The van der Waals surface area contributed by atoms with E-state index in [1.165, 1.54) is 4.31 Å². The van der Waals surface area contributed by atoms with Gasteiger partial charge >= 0.3 is 0 Å². The van der Waals surface area contributed by atoms with Crippen molar-refractivity contribution in [2.45, 2.75) is 51.6 Å². The number of nitrogens with one attached hydrogen (secondary N) is 1. The van der Waals surface area contributed by atoms with Crippen LogP contribution in [0.25, 0.3) is 0 Å². The van der Waals surface area contributed by atoms with Crippen molar-refractivity contribution >= 4 is 28.3 Å². The topological polar surface area (TPSA) is 92.5 Å². The van der Waals surface area contributed by atoms with E-state index in [9.17, 15) is 13.2 Å². The van der Waals surface area contributed by atoms with Gasteiger partial charge < -0.3 is 11.1 Å². The van der Waals surface area contributed by atoms with Crippen molar-refractivity contribution in [2.75, 3.05) is 18.8 Å². The molecule has 1 heterocycles. The standard InChI is InChI=1S/C12H25N3O3S.ClH/c1-3-4-8-19(17,18)15-7-5-6-11(15)12(16)14-10(2)9-13;/h10-11H,3-9,13H2,1-2H3,(H,14,16);1H/t10-,11?;/m0./s1. The third kappa shape index (κ3) is 5.20. The Kier molecular flexibility index (Phi) is 8.65. The first-order chi connectivity index (χ1) is 8.92. The van der Waals surface area contributed by atoms with E-state index in [1.807, 2.05) is 13.8 Å². The smallest absolute Gasteiger partial charge is 0.238 e. The fourth-order valence-corrected chi connectivity index (χ4v) is 4.06. The number of halogens is 1. The molecule has 0 saturated carbocycles. The van der Waals surface area contributed by atoms with Crippen LogP contribution in [0.15, 0.2) is 0 Å². The van der Waals surface area contributed by atoms with E-state index in [0.29, 0.717) is 25.9 Å². The summed E-state index contributed by atoms with van der Waals surface area (Å²) in [5.74, 6) is -0.102. The van der Waals surface area contributed by atoms with Gasteiger partial charge in [0, 0.05) is 19.1 Å². The summed E-state index contributed by atoms with van der Waals surface area (Å²) in [5, 5.41) is 2.76. The fraction of sp³-hybridized carbons (Fsp3) is 0.917. The maximum Gasteiger partial charge on any atom is 0.238 e. The number of hydrogen-bond donors (Lipinski definition) is 2. The van der Waals surface area contributed by atoms with Gasteiger partial charge in [-0.15, -0.1) is 12.4 Å². The van der Waals surface area contributed by atoms with Crippen LogP contribution >= 0.6 is 12.4 Å². The lowest BCUT2D eigenvalue weighted by atomic mass is 10.2. The van der Waals surface area contributed by atoms with Gasteiger partial charge in [-0.05, 0) is 26.2 Å². The van der Waals surface area contributed by atoms with Crippen LogP contribution in [-0.4, -0.2) is 49.6 Å². The number of unbranched alkanes of at least 4 members (excludes halogenated alkanes) is 1. The fourth-order valence-electron chi connectivity index (χ4n) is 2.18. The van der Waals surface area contributed by atoms with E-state index in [0.717, 1.165) is 12.8 Å². The van der Waals surface area contributed by atoms with Crippen LogP contribution in [0, 0.1) is 0 Å². The van der Waals surface area contributed by atoms with Gasteiger partial charge in [0.2, 0.25) is 15.9 Å². The zero-order valence-corrected chi connectivity index (χ0v) is 13.8. The lowest BCUT2D eigenvalue weighted by Crippen LogP contribution is -2.50. The van der Waals surface area contributed by atoms with E-state index in [4.69, 9.17) is 5.73 Å². The zero-order valence-electron chi connectivity index (χ0n) is 12.2. The highest BCUT2D eigenvalue weighted by Crippen LogP contribution is 2.22. The summed E-state index contributed by atoms with van der Waals surface area (Å²) in [4.78, 5) is 12.1. The maximum atomic E-state index is 12.2. The molecule has 0 aromatic carbocycles. The number of nitrogens with two attached hydrogens (primary N) is 1. The summed E-state index contributed by atoms with van der Waals surface area (Å²) >= 11 is 0. The van der Waals surface area contributed by atoms with Gasteiger partial charge in [-0.2, -0.15) is 4.31 Å². The number of carbonyl (C=O) groups excluding carboxylic acids is 1. The van der Waals surface area contributed by atoms with Crippen LogP contribution in [0.2, 0.25) is 0 Å². The minimum absolute atomic E-state index is 0. The van der Waals surface area contributed by atoms with Gasteiger partial charge in [-0.3, -0.25) is 4.79 Å². The number of amides is 1. The predicted molar refractivity (Wildman–Crippen MR) is 82.3 cm³/mol. The molecule has 1 unspecified atom stereocenters. The summed E-state index contributed by atoms with van der Waals surface area (Å²) in [6.07, 6.45) is 2.79. The molecule has 120 valence electrons. The molecule has 20 heavy (non-hydrogen) atoms. The number of carbonyl (C=O) groups is 1. The molecule has 1 rings (SSSR count). The van der Waals surface area contributed by atoms with E-state index < -0.39 is 16.1 Å². The molecule has 0 spiro atoms. The molecule has 0 bridgehead atoms. The molecular weight excluding hydrogens is 302 g/mol. The molecule has 1 aliphatic rings.